The van der Waals surface area contributed by atoms with Gasteiger partial charge in [0.1, 0.15) is 17.2 Å². The summed E-state index contributed by atoms with van der Waals surface area (Å²) < 4.78 is 282. The van der Waals surface area contributed by atoms with Gasteiger partial charge in [0.15, 0.2) is 28.2 Å². The molecule has 129 heavy (non-hydrogen) atoms. The first-order chi connectivity index (χ1) is 60.3. The summed E-state index contributed by atoms with van der Waals surface area (Å²) in [5.41, 5.74) is 6.51. The second-order valence-corrected chi connectivity index (χ2v) is 29.5. The summed E-state index contributed by atoms with van der Waals surface area (Å²) in [6.07, 6.45) is -16.2. The van der Waals surface area contributed by atoms with Crippen LogP contribution in [0.3, 0.4) is 0 Å². The van der Waals surface area contributed by atoms with Crippen LogP contribution in [-0.2, 0) is 74.4 Å². The van der Waals surface area contributed by atoms with Crippen LogP contribution >= 0.6 is 0 Å². The highest BCUT2D eigenvalue weighted by atomic mass is 19.4. The maximum atomic E-state index is 13.7. The fourth-order valence-electron chi connectivity index (χ4n) is 12.7. The lowest BCUT2D eigenvalue weighted by molar-refractivity contribution is -0.276. The summed E-state index contributed by atoms with van der Waals surface area (Å²) in [5, 5.41) is 75.0. The molecule has 1 N–H and O–H groups in total. The number of hydrogen-bond acceptors (Lipinski definition) is 23. The van der Waals surface area contributed by atoms with E-state index in [0.29, 0.717) is 58.8 Å². The zero-order chi connectivity index (χ0) is 94.3. The van der Waals surface area contributed by atoms with Crippen molar-refractivity contribution in [2.24, 2.45) is 0 Å². The summed E-state index contributed by atoms with van der Waals surface area (Å²) in [4.78, 5) is 0. The van der Waals surface area contributed by atoms with Crippen LogP contribution in [-0.4, -0.2) is 145 Å². The van der Waals surface area contributed by atoms with Gasteiger partial charge in [0.05, 0.1) is 71.4 Å². The molecule has 0 atom stereocenters. The minimum absolute atomic E-state index is 0.0556. The molecule has 1 fully saturated rings. The lowest BCUT2D eigenvalue weighted by Gasteiger charge is -2.24. The quantitative estimate of drug-likeness (QED) is 0.0693. The molecule has 28 nitrogen and oxygen atoms in total. The highest BCUT2D eigenvalue weighted by molar-refractivity contribution is 5.71. The molecule has 10 aromatic heterocycles. The van der Waals surface area contributed by atoms with E-state index in [2.05, 4.69) is 96.8 Å². The Bertz CT molecular complexity index is 6660. The largest absolute Gasteiger partial charge is 0.573 e. The number of ether oxygens (including phenoxy) is 6. The van der Waals surface area contributed by atoms with Gasteiger partial charge in [-0.25, -0.2) is 0 Å². The Morgan fingerprint density at radius 1 is 0.380 bits per heavy atom. The van der Waals surface area contributed by atoms with Gasteiger partial charge >= 0.3 is 48.7 Å². The molecule has 1 saturated carbocycles. The van der Waals surface area contributed by atoms with Crippen LogP contribution in [0.25, 0.3) is 84.5 Å². The normalized spacial score (nSPS) is 13.3. The summed E-state index contributed by atoms with van der Waals surface area (Å²) in [6.45, 7) is 9.28. The fraction of sp³-hybridized carbons (Fsp3) is 0.317. The Hall–Kier alpha value is -13.8. The number of halogens is 19. The second kappa shape index (κ2) is 35.8. The van der Waals surface area contributed by atoms with Crippen molar-refractivity contribution < 1.29 is 117 Å². The Morgan fingerprint density at radius 3 is 1.09 bits per heavy atom. The Morgan fingerprint density at radius 2 is 0.736 bits per heavy atom. The van der Waals surface area contributed by atoms with E-state index in [1.54, 1.807) is 38.5 Å². The number of aryl methyl sites for hydroxylation is 2. The van der Waals surface area contributed by atoms with E-state index >= 15 is 0 Å². The van der Waals surface area contributed by atoms with E-state index in [9.17, 15) is 93.8 Å². The highest BCUT2D eigenvalue weighted by Gasteiger charge is 2.46. The molecule has 0 aliphatic heterocycles. The molecule has 0 unspecified atom stereocenters. The molecule has 0 amide bonds. The van der Waals surface area contributed by atoms with Gasteiger partial charge in [-0.15, -0.1) is 77.3 Å². The second-order valence-electron chi connectivity index (χ2n) is 29.5. The summed E-state index contributed by atoms with van der Waals surface area (Å²) in [5.74, 6) is -16.4. The number of aromatic nitrogens is 20. The van der Waals surface area contributed by atoms with Gasteiger partial charge in [0, 0.05) is 88.0 Å². The summed E-state index contributed by atoms with van der Waals surface area (Å²) >= 11 is 0. The molecule has 0 bridgehead atoms. The summed E-state index contributed by atoms with van der Waals surface area (Å²) in [6, 6.07) is 39.5. The minimum atomic E-state index is -4.91. The number of nitrogens with zero attached hydrogens (tertiary/aromatic N) is 21. The molecule has 678 valence electrons. The predicted octanol–water partition coefficient (Wildman–Crippen LogP) is 18.6. The Balaban J connectivity index is 0.000000146. The predicted molar refractivity (Wildman–Crippen MR) is 418 cm³/mol. The van der Waals surface area contributed by atoms with Gasteiger partial charge in [-0.3, -0.25) is 0 Å². The van der Waals surface area contributed by atoms with Crippen molar-refractivity contribution in [2.45, 2.75) is 141 Å². The fourth-order valence-corrected chi connectivity index (χ4v) is 12.7. The van der Waals surface area contributed by atoms with Crippen molar-refractivity contribution in [3.63, 3.8) is 0 Å². The van der Waals surface area contributed by atoms with Gasteiger partial charge < -0.3 is 33.5 Å². The minimum Gasteiger partial charge on any atom is -0.496 e. The van der Waals surface area contributed by atoms with E-state index in [-0.39, 0.29) is 68.5 Å². The molecule has 0 saturated heterocycles. The van der Waals surface area contributed by atoms with E-state index in [1.807, 2.05) is 57.2 Å². The molecule has 10 heterocycles. The van der Waals surface area contributed by atoms with Gasteiger partial charge in [0.2, 0.25) is 23.3 Å². The molecule has 1 aliphatic rings. The maximum Gasteiger partial charge on any atom is 0.573 e. The zero-order valence-corrected chi connectivity index (χ0v) is 69.2. The number of fused-ring (bicyclic) bond motifs is 5. The first-order valence-electron chi connectivity index (χ1n) is 37.7. The average Bonchev–Trinajstić information content (AvgIpc) is 1.61. The molecule has 47 heteroatoms. The molecule has 0 spiro atoms. The van der Waals surface area contributed by atoms with E-state index in [4.69, 9.17) is 14.2 Å². The van der Waals surface area contributed by atoms with Crippen molar-refractivity contribution in [1.29, 1.82) is 5.26 Å². The molecule has 15 aromatic rings. The van der Waals surface area contributed by atoms with Crippen molar-refractivity contribution in [1.82, 2.24) is 99.1 Å². The van der Waals surface area contributed by atoms with Crippen LogP contribution in [0.15, 0.2) is 152 Å². The molecule has 5 aromatic carbocycles. The third kappa shape index (κ3) is 21.3. The van der Waals surface area contributed by atoms with Crippen molar-refractivity contribution in [3.8, 4) is 79.6 Å². The monoisotopic (exact) mass is 1820 g/mol. The highest BCUT2D eigenvalue weighted by Crippen LogP contribution is 2.49. The maximum absolute atomic E-state index is 13.7. The number of rotatable bonds is 20. The van der Waals surface area contributed by atoms with Crippen LogP contribution in [0, 0.1) is 25.2 Å². The van der Waals surface area contributed by atoms with Gasteiger partial charge in [0.25, 0.3) is 5.82 Å². The zero-order valence-electron chi connectivity index (χ0n) is 69.2. The van der Waals surface area contributed by atoms with Crippen LogP contribution in [0.1, 0.15) is 122 Å². The van der Waals surface area contributed by atoms with Crippen LogP contribution in [0.5, 0.6) is 17.2 Å². The SMILES string of the molecule is CC(F)(F)c1nnc2ccc(-c3ccc(OC(F)(F)F)c(CO)c3)nn12.COC(F)(F)c1nnc2ccc(-c3ccc(C(F)(F)F)cc3C)nn12.COCc1cc(-c2ccc3nnc(C(C)(F)F)n3n2)ccc1OC(F)(F)F.COc1cc(C(C)(C)OC)ccc1-c1ccc2nnc(C(C)(F)F)n2n1.Cc1cc(C2(C#N)CC2)ccc1-c1ccc2nnc(C(C)(F)F)n2n1. The van der Waals surface area contributed by atoms with Crippen molar-refractivity contribution in [2.75, 3.05) is 28.4 Å². The average molecular weight is 1820 g/mol. The first-order valence-corrected chi connectivity index (χ1v) is 37.7. The van der Waals surface area contributed by atoms with Gasteiger partial charge in [-0.1, -0.05) is 30.3 Å². The van der Waals surface area contributed by atoms with E-state index in [1.165, 1.54) is 80.8 Å². The van der Waals surface area contributed by atoms with Gasteiger partial charge in [-0.05, 0) is 184 Å². The molecule has 1 aliphatic carbocycles. The number of benzene rings is 5. The smallest absolute Gasteiger partial charge is 0.496 e. The number of methoxy groups -OCH3 is 4. The summed E-state index contributed by atoms with van der Waals surface area (Å²) in [7, 11) is 5.31. The molecular formula is C82H70F19N21O7. The number of alkyl halides is 19. The lowest BCUT2D eigenvalue weighted by atomic mass is 9.93. The van der Waals surface area contributed by atoms with E-state index < -0.39 is 107 Å². The third-order valence-corrected chi connectivity index (χ3v) is 19.6. The number of aliphatic hydroxyl groups excluding tert-OH is 1. The van der Waals surface area contributed by atoms with E-state index in [0.717, 1.165) is 103 Å². The lowest BCUT2D eigenvalue weighted by Crippen LogP contribution is -2.20. The van der Waals surface area contributed by atoms with Crippen LogP contribution < -0.4 is 14.2 Å². The molecular weight excluding hydrogens is 1750 g/mol. The number of hydrogen-bond donors (Lipinski definition) is 1. The van der Waals surface area contributed by atoms with Crippen LogP contribution in [0.4, 0.5) is 83.4 Å². The standard InChI is InChI=1S/C18H15F2N5.C18H20F2N4O2.C16H13F5N4O2.C15H11F5N4O2.C15H11F5N4O/c1-11-9-12(18(10-21)7-8-18)3-4-13(11)14-5-6-15-22-23-16(17(2,19)20)25(15)24-14;1-17(2,26-5)11-6-7-12(14(10-11)25-4)13-8-9-15-21-22-16(18(3,19)20)24(15)23-13;1-15(17,18)14-23-22-13-6-4-11(24-25(13)14)9-3-5-12(27-16(19,20)21)10(7-9)8-26-2;1-14(16,17)13-22-21-12-5-3-10(23-24(12)13)8-2-4-11(9(6-8)7-25)26-15(18,19)20;1-8-7-9(14(16,17)18)3-4-10(8)11-5-6-12-21-22-13(24(12)23-11)15(19,20)25-2/h3-6,9H,7-8H2,1-2H3;6-10H,1-5H3;3-7H,8H2,1-2H3;2-6,25H,7H2,1H3;3-7H,1-2H3. The Kier molecular flexibility index (Phi) is 26.2. The van der Waals surface area contributed by atoms with Crippen molar-refractivity contribution in [3.05, 3.63) is 220 Å². The van der Waals surface area contributed by atoms with Gasteiger partial charge in [-0.2, -0.15) is 110 Å². The topological polar surface area (TPSA) is 315 Å². The molecule has 0 radical (unpaired) electrons. The van der Waals surface area contributed by atoms with Crippen LogP contribution in [0.2, 0.25) is 0 Å². The third-order valence-electron chi connectivity index (χ3n) is 19.6. The number of nitriles is 1. The van der Waals surface area contributed by atoms with Crippen molar-refractivity contribution >= 4 is 28.2 Å². The Labute approximate surface area is 715 Å². The molecule has 16 rings (SSSR count). The first kappa shape index (κ1) is 94.4. The number of aliphatic hydroxyl groups is 1.